The maximum atomic E-state index is 12.8. The molecule has 0 saturated heterocycles. The molecule has 0 fully saturated rings. The van der Waals surface area contributed by atoms with Gasteiger partial charge < -0.3 is 14.8 Å². The summed E-state index contributed by atoms with van der Waals surface area (Å²) >= 11 is 0. The van der Waals surface area contributed by atoms with Crippen molar-refractivity contribution in [1.82, 2.24) is 5.32 Å². The second-order valence-corrected chi connectivity index (χ2v) is 5.87. The number of ether oxygens (including phenoxy) is 2. The predicted molar refractivity (Wildman–Crippen MR) is 95.5 cm³/mol. The number of rotatable bonds is 8. The van der Waals surface area contributed by atoms with Gasteiger partial charge in [0.25, 0.3) is 5.91 Å². The molecule has 2 rings (SSSR count). The van der Waals surface area contributed by atoms with Crippen LogP contribution in [0.1, 0.15) is 16.7 Å². The molecule has 1 amide bonds. The third kappa shape index (κ3) is 6.20. The van der Waals surface area contributed by atoms with Crippen LogP contribution in [0.25, 0.3) is 0 Å². The van der Waals surface area contributed by atoms with Crippen LogP contribution in [0, 0.1) is 19.7 Å². The molecular weight excluding hydrogens is 337 g/mol. The monoisotopic (exact) mass is 359 g/mol. The van der Waals surface area contributed by atoms with Crippen molar-refractivity contribution in [2.45, 2.75) is 20.3 Å². The van der Waals surface area contributed by atoms with Gasteiger partial charge in [0.15, 0.2) is 13.2 Å². The zero-order chi connectivity index (χ0) is 18.9. The van der Waals surface area contributed by atoms with Gasteiger partial charge in [0, 0.05) is 6.54 Å². The molecule has 2 aromatic rings. The highest BCUT2D eigenvalue weighted by Gasteiger charge is 2.10. The van der Waals surface area contributed by atoms with Crippen molar-refractivity contribution in [3.05, 3.63) is 65.0 Å². The lowest BCUT2D eigenvalue weighted by atomic mass is 10.1. The average molecular weight is 359 g/mol. The Morgan fingerprint density at radius 2 is 1.77 bits per heavy atom. The van der Waals surface area contributed by atoms with Crippen LogP contribution >= 0.6 is 0 Å². The van der Waals surface area contributed by atoms with Crippen molar-refractivity contribution >= 4 is 11.9 Å². The Morgan fingerprint density at radius 3 is 2.50 bits per heavy atom. The number of hydrogen-bond donors (Lipinski definition) is 1. The maximum absolute atomic E-state index is 12.8. The first-order valence-electron chi connectivity index (χ1n) is 8.31. The molecule has 0 saturated carbocycles. The van der Waals surface area contributed by atoms with Crippen molar-refractivity contribution in [2.75, 3.05) is 19.8 Å². The summed E-state index contributed by atoms with van der Waals surface area (Å²) in [6.07, 6.45) is 0.565. The van der Waals surface area contributed by atoms with Crippen molar-refractivity contribution in [3.8, 4) is 5.75 Å². The Hall–Kier alpha value is -2.89. The van der Waals surface area contributed by atoms with E-state index in [1.165, 1.54) is 12.1 Å². The molecule has 138 valence electrons. The lowest BCUT2D eigenvalue weighted by molar-refractivity contribution is -0.150. The van der Waals surface area contributed by atoms with Crippen LogP contribution in [0.2, 0.25) is 0 Å². The first-order valence-corrected chi connectivity index (χ1v) is 8.31. The van der Waals surface area contributed by atoms with E-state index in [-0.39, 0.29) is 19.0 Å². The SMILES string of the molecule is Cc1cccc(OCC(=O)OCC(=O)NCCc2ccc(F)cc2)c1C. The molecule has 5 nitrogen and oxygen atoms in total. The van der Waals surface area contributed by atoms with Gasteiger partial charge in [-0.05, 0) is 55.2 Å². The zero-order valence-electron chi connectivity index (χ0n) is 14.9. The van der Waals surface area contributed by atoms with E-state index in [4.69, 9.17) is 9.47 Å². The van der Waals surface area contributed by atoms with Crippen LogP contribution in [-0.4, -0.2) is 31.6 Å². The number of hydrogen-bond acceptors (Lipinski definition) is 4. The standard InChI is InChI=1S/C20H22FNO4/c1-14-4-3-5-18(15(14)2)25-13-20(24)26-12-19(23)22-11-10-16-6-8-17(21)9-7-16/h3-9H,10-13H2,1-2H3,(H,22,23). The Labute approximate surface area is 152 Å². The minimum Gasteiger partial charge on any atom is -0.482 e. The van der Waals surface area contributed by atoms with E-state index in [2.05, 4.69) is 5.32 Å². The number of esters is 1. The van der Waals surface area contributed by atoms with Gasteiger partial charge in [0.2, 0.25) is 0 Å². The van der Waals surface area contributed by atoms with Gasteiger partial charge in [-0.15, -0.1) is 0 Å². The molecule has 0 aliphatic rings. The molecule has 0 unspecified atom stereocenters. The molecule has 6 heteroatoms. The summed E-state index contributed by atoms with van der Waals surface area (Å²) in [5, 5.41) is 2.64. The van der Waals surface area contributed by atoms with E-state index in [0.717, 1.165) is 16.7 Å². The lowest BCUT2D eigenvalue weighted by Crippen LogP contribution is -2.31. The summed E-state index contributed by atoms with van der Waals surface area (Å²) in [6, 6.07) is 11.6. The quantitative estimate of drug-likeness (QED) is 0.736. The highest BCUT2D eigenvalue weighted by Crippen LogP contribution is 2.20. The summed E-state index contributed by atoms with van der Waals surface area (Å²) < 4.78 is 23.1. The van der Waals surface area contributed by atoms with Crippen LogP contribution < -0.4 is 10.1 Å². The van der Waals surface area contributed by atoms with Crippen LogP contribution in [0.4, 0.5) is 4.39 Å². The van der Waals surface area contributed by atoms with E-state index in [1.807, 2.05) is 26.0 Å². The Kier molecular flexibility index (Phi) is 7.14. The Bertz CT molecular complexity index is 759. The number of amides is 1. The van der Waals surface area contributed by atoms with Gasteiger partial charge in [-0.3, -0.25) is 4.79 Å². The fraction of sp³-hybridized carbons (Fsp3) is 0.300. The number of benzene rings is 2. The van der Waals surface area contributed by atoms with Gasteiger partial charge in [-0.25, -0.2) is 9.18 Å². The zero-order valence-corrected chi connectivity index (χ0v) is 14.9. The number of carbonyl (C=O) groups is 2. The number of carbonyl (C=O) groups excluding carboxylic acids is 2. The van der Waals surface area contributed by atoms with Crippen molar-refractivity contribution in [1.29, 1.82) is 0 Å². The maximum Gasteiger partial charge on any atom is 0.344 e. The average Bonchev–Trinajstić information content (AvgIpc) is 2.63. The van der Waals surface area contributed by atoms with E-state index < -0.39 is 11.9 Å². The molecule has 0 spiro atoms. The predicted octanol–water partition coefficient (Wildman–Crippen LogP) is 2.72. The normalized spacial score (nSPS) is 10.3. The molecule has 26 heavy (non-hydrogen) atoms. The molecule has 0 aliphatic carbocycles. The molecule has 0 radical (unpaired) electrons. The highest BCUT2D eigenvalue weighted by molar-refractivity contribution is 5.80. The third-order valence-corrected chi connectivity index (χ3v) is 3.91. The second-order valence-electron chi connectivity index (χ2n) is 5.87. The minimum atomic E-state index is -0.611. The minimum absolute atomic E-state index is 0.257. The van der Waals surface area contributed by atoms with Crippen LogP contribution in [0.3, 0.4) is 0 Å². The molecule has 0 aromatic heterocycles. The Balaban J connectivity index is 1.64. The number of nitrogens with one attached hydrogen (secondary N) is 1. The second kappa shape index (κ2) is 9.56. The van der Waals surface area contributed by atoms with Crippen LogP contribution in [0.5, 0.6) is 5.75 Å². The number of aryl methyl sites for hydroxylation is 1. The third-order valence-electron chi connectivity index (χ3n) is 3.91. The summed E-state index contributed by atoms with van der Waals surface area (Å²) in [7, 11) is 0. The largest absolute Gasteiger partial charge is 0.482 e. The molecular formula is C20H22FNO4. The van der Waals surface area contributed by atoms with E-state index in [9.17, 15) is 14.0 Å². The summed E-state index contributed by atoms with van der Waals surface area (Å²) in [6.45, 7) is 3.62. The fourth-order valence-corrected chi connectivity index (χ4v) is 2.25. The van der Waals surface area contributed by atoms with Crippen LogP contribution in [-0.2, 0) is 20.7 Å². The van der Waals surface area contributed by atoms with Gasteiger partial charge in [0.05, 0.1) is 0 Å². The topological polar surface area (TPSA) is 64.6 Å². The molecule has 0 aliphatic heterocycles. The Morgan fingerprint density at radius 1 is 1.04 bits per heavy atom. The molecule has 1 N–H and O–H groups in total. The summed E-state index contributed by atoms with van der Waals surface area (Å²) in [5.74, 6) is -0.690. The first kappa shape index (κ1) is 19.4. The van der Waals surface area contributed by atoms with E-state index >= 15 is 0 Å². The van der Waals surface area contributed by atoms with E-state index in [1.54, 1.807) is 18.2 Å². The molecule has 0 bridgehead atoms. The van der Waals surface area contributed by atoms with Gasteiger partial charge in [0.1, 0.15) is 11.6 Å². The number of halogens is 1. The van der Waals surface area contributed by atoms with Crippen LogP contribution in [0.15, 0.2) is 42.5 Å². The van der Waals surface area contributed by atoms with Gasteiger partial charge in [-0.1, -0.05) is 24.3 Å². The van der Waals surface area contributed by atoms with E-state index in [0.29, 0.717) is 18.7 Å². The van der Waals surface area contributed by atoms with Crippen molar-refractivity contribution < 1.29 is 23.5 Å². The van der Waals surface area contributed by atoms with Gasteiger partial charge in [-0.2, -0.15) is 0 Å². The highest BCUT2D eigenvalue weighted by atomic mass is 19.1. The van der Waals surface area contributed by atoms with Gasteiger partial charge >= 0.3 is 5.97 Å². The summed E-state index contributed by atoms with van der Waals surface area (Å²) in [5.41, 5.74) is 2.93. The molecule has 2 aromatic carbocycles. The van der Waals surface area contributed by atoms with Crippen molar-refractivity contribution in [3.63, 3.8) is 0 Å². The summed E-state index contributed by atoms with van der Waals surface area (Å²) in [4.78, 5) is 23.4. The fourth-order valence-electron chi connectivity index (χ4n) is 2.25. The molecule has 0 atom stereocenters. The molecule has 0 heterocycles. The lowest BCUT2D eigenvalue weighted by Gasteiger charge is -2.10. The smallest absolute Gasteiger partial charge is 0.344 e. The first-order chi connectivity index (χ1) is 12.5. The van der Waals surface area contributed by atoms with Crippen molar-refractivity contribution in [2.24, 2.45) is 0 Å².